The number of hydrogen-bond donors (Lipinski definition) is 0. The van der Waals surface area contributed by atoms with E-state index >= 15 is 0 Å². The fourth-order valence-corrected chi connectivity index (χ4v) is 4.44. The summed E-state index contributed by atoms with van der Waals surface area (Å²) in [5, 5.41) is 4.75. The summed E-state index contributed by atoms with van der Waals surface area (Å²) in [6, 6.07) is 11.8. The Morgan fingerprint density at radius 2 is 1.88 bits per heavy atom. The maximum absolute atomic E-state index is 13.3. The van der Waals surface area contributed by atoms with Gasteiger partial charge in [-0.1, -0.05) is 44.0 Å². The Labute approximate surface area is 194 Å². The Morgan fingerprint density at radius 3 is 2.61 bits per heavy atom. The third-order valence-corrected chi connectivity index (χ3v) is 6.30. The molecule has 1 amide bonds. The van der Waals surface area contributed by atoms with E-state index in [1.165, 1.54) is 12.8 Å². The first-order valence-electron chi connectivity index (χ1n) is 12.0. The third kappa shape index (κ3) is 5.07. The molecule has 0 saturated carbocycles. The average Bonchev–Trinajstić information content (AvgIpc) is 3.13. The van der Waals surface area contributed by atoms with Crippen molar-refractivity contribution in [1.29, 1.82) is 0 Å². The molecule has 1 atom stereocenters. The molecule has 174 valence electrons. The van der Waals surface area contributed by atoms with Crippen LogP contribution in [-0.2, 0) is 22.4 Å². The van der Waals surface area contributed by atoms with Crippen LogP contribution in [0.15, 0.2) is 36.4 Å². The van der Waals surface area contributed by atoms with Gasteiger partial charge in [0, 0.05) is 29.9 Å². The molecular formula is C26H32N4O3. The second kappa shape index (κ2) is 10.1. The van der Waals surface area contributed by atoms with Gasteiger partial charge >= 0.3 is 5.97 Å². The summed E-state index contributed by atoms with van der Waals surface area (Å²) in [6.45, 7) is 7.16. The number of likely N-dealkylation sites (tertiary alicyclic amines) is 1. The Kier molecular flexibility index (Phi) is 7.06. The second-order valence-corrected chi connectivity index (χ2v) is 8.66. The predicted octanol–water partition coefficient (Wildman–Crippen LogP) is 4.47. The third-order valence-electron chi connectivity index (χ3n) is 6.30. The SMILES string of the molecule is CCOC(=O)Cc1ccc(-c2cc3nc(C(=O)N4CCCCCC4C)cc(CC)n3n2)cc1. The lowest BCUT2D eigenvalue weighted by molar-refractivity contribution is -0.142. The largest absolute Gasteiger partial charge is 0.466 e. The van der Waals surface area contributed by atoms with Gasteiger partial charge < -0.3 is 9.64 Å². The quantitative estimate of drug-likeness (QED) is 0.520. The monoisotopic (exact) mass is 448 g/mol. The van der Waals surface area contributed by atoms with Crippen LogP contribution in [0.1, 0.15) is 68.2 Å². The molecule has 33 heavy (non-hydrogen) atoms. The summed E-state index contributed by atoms with van der Waals surface area (Å²) in [5.41, 5.74) is 4.73. The molecule has 3 aromatic rings. The van der Waals surface area contributed by atoms with Crippen molar-refractivity contribution >= 4 is 17.5 Å². The smallest absolute Gasteiger partial charge is 0.310 e. The normalized spacial score (nSPS) is 16.6. The van der Waals surface area contributed by atoms with Gasteiger partial charge in [-0.2, -0.15) is 5.10 Å². The van der Waals surface area contributed by atoms with E-state index in [0.717, 1.165) is 48.3 Å². The number of carbonyl (C=O) groups excluding carboxylic acids is 2. The Morgan fingerprint density at radius 1 is 1.09 bits per heavy atom. The van der Waals surface area contributed by atoms with Crippen molar-refractivity contribution < 1.29 is 14.3 Å². The number of carbonyl (C=O) groups is 2. The number of rotatable bonds is 6. The summed E-state index contributed by atoms with van der Waals surface area (Å²) in [5.74, 6) is -0.224. The lowest BCUT2D eigenvalue weighted by Crippen LogP contribution is -2.38. The highest BCUT2D eigenvalue weighted by Crippen LogP contribution is 2.23. The van der Waals surface area contributed by atoms with Crippen LogP contribution in [0.25, 0.3) is 16.9 Å². The predicted molar refractivity (Wildman–Crippen MR) is 127 cm³/mol. The molecule has 1 fully saturated rings. The van der Waals surface area contributed by atoms with Crippen molar-refractivity contribution in [2.45, 2.75) is 65.3 Å². The number of esters is 1. The highest BCUT2D eigenvalue weighted by molar-refractivity contribution is 5.93. The highest BCUT2D eigenvalue weighted by atomic mass is 16.5. The first-order valence-corrected chi connectivity index (χ1v) is 12.0. The van der Waals surface area contributed by atoms with Crippen molar-refractivity contribution in [3.63, 3.8) is 0 Å². The molecule has 7 nitrogen and oxygen atoms in total. The van der Waals surface area contributed by atoms with E-state index in [2.05, 4.69) is 13.8 Å². The molecule has 0 bridgehead atoms. The van der Waals surface area contributed by atoms with Gasteiger partial charge in [0.25, 0.3) is 5.91 Å². The minimum atomic E-state index is -0.231. The molecule has 1 aromatic carbocycles. The van der Waals surface area contributed by atoms with Gasteiger partial charge in [0.15, 0.2) is 5.65 Å². The summed E-state index contributed by atoms with van der Waals surface area (Å²) in [4.78, 5) is 31.7. The number of benzene rings is 1. The Bertz CT molecular complexity index is 1140. The van der Waals surface area contributed by atoms with Crippen molar-refractivity contribution in [2.75, 3.05) is 13.2 Å². The zero-order chi connectivity index (χ0) is 23.4. The molecule has 0 radical (unpaired) electrons. The topological polar surface area (TPSA) is 76.8 Å². The number of amides is 1. The molecule has 1 aliphatic rings. The zero-order valence-electron chi connectivity index (χ0n) is 19.7. The maximum Gasteiger partial charge on any atom is 0.310 e. The second-order valence-electron chi connectivity index (χ2n) is 8.66. The van der Waals surface area contributed by atoms with Gasteiger partial charge in [0.1, 0.15) is 5.69 Å². The number of nitrogens with zero attached hydrogens (tertiary/aromatic N) is 4. The van der Waals surface area contributed by atoms with E-state index in [9.17, 15) is 9.59 Å². The summed E-state index contributed by atoms with van der Waals surface area (Å²) >= 11 is 0. The standard InChI is InChI=1S/C26H32N4O3/c1-4-21-16-23(26(32)29-14-8-6-7-9-18(29)3)27-24-17-22(28-30(21)24)20-12-10-19(11-13-20)15-25(31)33-5-2/h10-13,16-18H,4-9,14-15H2,1-3H3. The van der Waals surface area contributed by atoms with Gasteiger partial charge in [0.2, 0.25) is 0 Å². The zero-order valence-corrected chi connectivity index (χ0v) is 19.7. The Hall–Kier alpha value is -3.22. The molecule has 3 heterocycles. The average molecular weight is 449 g/mol. The summed E-state index contributed by atoms with van der Waals surface area (Å²) in [6.07, 6.45) is 5.42. The first-order chi connectivity index (χ1) is 16.0. The van der Waals surface area contributed by atoms with E-state index < -0.39 is 0 Å². The van der Waals surface area contributed by atoms with Crippen LogP contribution >= 0.6 is 0 Å². The summed E-state index contributed by atoms with van der Waals surface area (Å²) in [7, 11) is 0. The van der Waals surface area contributed by atoms with E-state index in [-0.39, 0.29) is 24.3 Å². The molecule has 0 spiro atoms. The number of hydrogen-bond acceptors (Lipinski definition) is 5. The molecule has 2 aromatic heterocycles. The van der Waals surface area contributed by atoms with Crippen LogP contribution in [0.2, 0.25) is 0 Å². The Balaban J connectivity index is 1.62. The van der Waals surface area contributed by atoms with Crippen molar-refractivity contribution in [2.24, 2.45) is 0 Å². The fraction of sp³-hybridized carbons (Fsp3) is 0.462. The number of fused-ring (bicyclic) bond motifs is 1. The van der Waals surface area contributed by atoms with Crippen molar-refractivity contribution in [3.05, 3.63) is 53.3 Å². The molecule has 0 N–H and O–H groups in total. The van der Waals surface area contributed by atoms with Gasteiger partial charge in [-0.25, -0.2) is 9.50 Å². The van der Waals surface area contributed by atoms with Gasteiger partial charge in [-0.05, 0) is 44.7 Å². The molecule has 7 heteroatoms. The van der Waals surface area contributed by atoms with Crippen molar-refractivity contribution in [3.8, 4) is 11.3 Å². The van der Waals surface area contributed by atoms with E-state index in [4.69, 9.17) is 14.8 Å². The molecule has 1 saturated heterocycles. The van der Waals surface area contributed by atoms with E-state index in [1.807, 2.05) is 45.8 Å². The lowest BCUT2D eigenvalue weighted by atomic mass is 10.1. The van der Waals surface area contributed by atoms with Crippen LogP contribution < -0.4 is 0 Å². The molecule has 1 aliphatic heterocycles. The highest BCUT2D eigenvalue weighted by Gasteiger charge is 2.25. The van der Waals surface area contributed by atoms with Crippen LogP contribution in [0, 0.1) is 0 Å². The van der Waals surface area contributed by atoms with Gasteiger partial charge in [-0.15, -0.1) is 0 Å². The number of ether oxygens (including phenoxy) is 1. The van der Waals surface area contributed by atoms with Gasteiger partial charge in [-0.3, -0.25) is 9.59 Å². The lowest BCUT2D eigenvalue weighted by Gasteiger charge is -2.27. The number of aryl methyl sites for hydroxylation is 1. The minimum absolute atomic E-state index is 0.00710. The van der Waals surface area contributed by atoms with Crippen LogP contribution in [0.4, 0.5) is 0 Å². The van der Waals surface area contributed by atoms with Crippen LogP contribution in [0.3, 0.4) is 0 Å². The van der Waals surface area contributed by atoms with Crippen molar-refractivity contribution in [1.82, 2.24) is 19.5 Å². The van der Waals surface area contributed by atoms with E-state index in [0.29, 0.717) is 17.9 Å². The van der Waals surface area contributed by atoms with Crippen LogP contribution in [-0.4, -0.2) is 50.6 Å². The van der Waals surface area contributed by atoms with E-state index in [1.54, 1.807) is 6.92 Å². The minimum Gasteiger partial charge on any atom is -0.466 e. The molecule has 0 aliphatic carbocycles. The summed E-state index contributed by atoms with van der Waals surface area (Å²) < 4.78 is 6.84. The maximum atomic E-state index is 13.3. The molecule has 4 rings (SSSR count). The van der Waals surface area contributed by atoms with Crippen LogP contribution in [0.5, 0.6) is 0 Å². The molecule has 1 unspecified atom stereocenters. The molecular weight excluding hydrogens is 416 g/mol. The fourth-order valence-electron chi connectivity index (χ4n) is 4.44. The number of aromatic nitrogens is 3. The first kappa shape index (κ1) is 23.0. The van der Waals surface area contributed by atoms with Gasteiger partial charge in [0.05, 0.1) is 18.7 Å².